The number of imidazole rings is 1. The lowest BCUT2D eigenvalue weighted by molar-refractivity contribution is 0.579. The molecule has 3 aromatic rings. The van der Waals surface area contributed by atoms with Gasteiger partial charge < -0.3 is 10.7 Å². The fourth-order valence-electron chi connectivity index (χ4n) is 3.11. The largest absolute Gasteiger partial charge is 0.345 e. The molecule has 3 N–H and O–H groups in total. The molecule has 1 atom stereocenters. The molecule has 0 bridgehead atoms. The van der Waals surface area contributed by atoms with E-state index < -0.39 is 17.7 Å². The van der Waals surface area contributed by atoms with Gasteiger partial charge in [-0.05, 0) is 36.9 Å². The van der Waals surface area contributed by atoms with Crippen LogP contribution in [0.3, 0.4) is 0 Å². The molecule has 0 aliphatic heterocycles. The fraction of sp³-hybridized carbons (Fsp3) is 0.150. The van der Waals surface area contributed by atoms with Crippen molar-refractivity contribution in [3.05, 3.63) is 71.7 Å². The van der Waals surface area contributed by atoms with E-state index in [1.165, 1.54) is 12.1 Å². The second kappa shape index (κ2) is 8.01. The Labute approximate surface area is 155 Å². The van der Waals surface area contributed by atoms with Crippen LogP contribution in [-0.2, 0) is 6.42 Å². The molecule has 0 saturated carbocycles. The van der Waals surface area contributed by atoms with Crippen molar-refractivity contribution in [1.29, 1.82) is 0 Å². The summed E-state index contributed by atoms with van der Waals surface area (Å²) in [6, 6.07) is 8.43. The zero-order chi connectivity index (χ0) is 19.4. The van der Waals surface area contributed by atoms with Crippen molar-refractivity contribution in [1.82, 2.24) is 9.97 Å². The number of nitrogens with two attached hydrogens (primary N) is 1. The van der Waals surface area contributed by atoms with E-state index in [-0.39, 0.29) is 6.42 Å². The van der Waals surface area contributed by atoms with Gasteiger partial charge in [0.2, 0.25) is 0 Å². The topological polar surface area (TPSA) is 79.4 Å². The molecule has 0 amide bonds. The smallest absolute Gasteiger partial charge is 0.126 e. The van der Waals surface area contributed by atoms with E-state index in [4.69, 9.17) is 5.73 Å². The number of fused-ring (bicyclic) bond motifs is 1. The zero-order valence-corrected chi connectivity index (χ0v) is 14.8. The van der Waals surface area contributed by atoms with Gasteiger partial charge in [0.25, 0.3) is 0 Å². The number of nitrogens with zero attached hydrogens (tertiary/aromatic N) is 3. The molecule has 27 heavy (non-hydrogen) atoms. The van der Waals surface area contributed by atoms with Gasteiger partial charge in [0.15, 0.2) is 0 Å². The third kappa shape index (κ3) is 3.98. The highest BCUT2D eigenvalue weighted by molar-refractivity contribution is 6.28. The molecule has 2 aromatic carbocycles. The monoisotopic (exact) mass is 367 g/mol. The van der Waals surface area contributed by atoms with Crippen molar-refractivity contribution in [3.63, 3.8) is 0 Å². The number of H-pyrrole nitrogens is 1. The van der Waals surface area contributed by atoms with Crippen LogP contribution in [-0.4, -0.2) is 35.5 Å². The van der Waals surface area contributed by atoms with Crippen LogP contribution in [0.15, 0.2) is 58.9 Å². The molecular formula is C20H19F2N5. The summed E-state index contributed by atoms with van der Waals surface area (Å²) in [6.07, 6.45) is 3.38. The Hall–Kier alpha value is -3.19. The maximum absolute atomic E-state index is 13.5. The Bertz CT molecular complexity index is 1020. The minimum absolute atomic E-state index is 0.215. The van der Waals surface area contributed by atoms with Crippen LogP contribution in [0.2, 0.25) is 0 Å². The van der Waals surface area contributed by atoms with Gasteiger partial charge >= 0.3 is 0 Å². The number of para-hydroxylation sites is 1. The Morgan fingerprint density at radius 3 is 2.70 bits per heavy atom. The van der Waals surface area contributed by atoms with Crippen LogP contribution in [0.1, 0.15) is 11.1 Å². The number of aromatic nitrogens is 2. The van der Waals surface area contributed by atoms with Crippen molar-refractivity contribution >= 4 is 29.0 Å². The van der Waals surface area contributed by atoms with Crippen molar-refractivity contribution in [2.24, 2.45) is 15.7 Å². The van der Waals surface area contributed by atoms with E-state index in [1.807, 2.05) is 18.2 Å². The van der Waals surface area contributed by atoms with Crippen molar-refractivity contribution in [2.45, 2.75) is 12.5 Å². The molecule has 5 nitrogen and oxygen atoms in total. The Kier molecular flexibility index (Phi) is 5.52. The zero-order valence-electron chi connectivity index (χ0n) is 14.8. The molecule has 3 rings (SSSR count). The van der Waals surface area contributed by atoms with Gasteiger partial charge in [-0.25, -0.2) is 13.8 Å². The van der Waals surface area contributed by atoms with Gasteiger partial charge in [-0.15, -0.1) is 0 Å². The summed E-state index contributed by atoms with van der Waals surface area (Å²) in [4.78, 5) is 15.6. The van der Waals surface area contributed by atoms with Crippen LogP contribution >= 0.6 is 0 Å². The second-order valence-corrected chi connectivity index (χ2v) is 6.03. The molecular weight excluding hydrogens is 348 g/mol. The molecule has 1 aromatic heterocycles. The van der Waals surface area contributed by atoms with Crippen LogP contribution in [0.25, 0.3) is 16.6 Å². The van der Waals surface area contributed by atoms with Crippen molar-refractivity contribution in [2.75, 3.05) is 7.05 Å². The molecule has 0 radical (unpaired) electrons. The molecule has 0 saturated heterocycles. The Morgan fingerprint density at radius 2 is 2.04 bits per heavy atom. The summed E-state index contributed by atoms with van der Waals surface area (Å²) in [5.74, 6) is -1.28. The predicted octanol–water partition coefficient (Wildman–Crippen LogP) is 3.52. The first-order chi connectivity index (χ1) is 13.0. The number of aliphatic imine (C=N–C) groups is 2. The highest BCUT2D eigenvalue weighted by Crippen LogP contribution is 2.26. The number of hydrogen-bond acceptors (Lipinski definition) is 4. The van der Waals surface area contributed by atoms with E-state index in [2.05, 4.69) is 26.7 Å². The maximum atomic E-state index is 13.5. The molecule has 0 spiro atoms. The number of hydrogen-bond donors (Lipinski definition) is 2. The standard InChI is InChI=1S/C20H19F2N5/c1-24-10-16(15-4-3-5-18-20(15)27-11-26-18)19(25-2)17(23)8-12-6-13(21)9-14(22)7-12/h3-7,9-11,17H,1,8,23H2,2H3,(H,26,27)/b16-10-,25-19?/t17-/m0/s1. The van der Waals surface area contributed by atoms with Crippen LogP contribution in [0.5, 0.6) is 0 Å². The number of rotatable bonds is 6. The summed E-state index contributed by atoms with van der Waals surface area (Å²) in [6.45, 7) is 3.53. The first kappa shape index (κ1) is 18.6. The van der Waals surface area contributed by atoms with Gasteiger partial charge in [-0.3, -0.25) is 9.98 Å². The highest BCUT2D eigenvalue weighted by atomic mass is 19.1. The average molecular weight is 367 g/mol. The molecule has 7 heteroatoms. The van der Waals surface area contributed by atoms with Gasteiger partial charge in [-0.1, -0.05) is 12.1 Å². The number of benzene rings is 2. The van der Waals surface area contributed by atoms with E-state index in [9.17, 15) is 8.78 Å². The van der Waals surface area contributed by atoms with Crippen LogP contribution in [0, 0.1) is 11.6 Å². The predicted molar refractivity (Wildman–Crippen MR) is 105 cm³/mol. The van der Waals surface area contributed by atoms with Crippen LogP contribution in [0.4, 0.5) is 8.78 Å². The summed E-state index contributed by atoms with van der Waals surface area (Å²) >= 11 is 0. The lowest BCUT2D eigenvalue weighted by Gasteiger charge is -2.18. The first-order valence-electron chi connectivity index (χ1n) is 8.29. The number of halogens is 2. The van der Waals surface area contributed by atoms with E-state index >= 15 is 0 Å². The minimum Gasteiger partial charge on any atom is -0.345 e. The van der Waals surface area contributed by atoms with Crippen molar-refractivity contribution < 1.29 is 8.78 Å². The normalized spacial score (nSPS) is 13.8. The number of aromatic amines is 1. The number of nitrogens with one attached hydrogen (secondary N) is 1. The molecule has 0 unspecified atom stereocenters. The lowest BCUT2D eigenvalue weighted by Crippen LogP contribution is -2.33. The first-order valence-corrected chi connectivity index (χ1v) is 8.29. The second-order valence-electron chi connectivity index (χ2n) is 6.03. The summed E-state index contributed by atoms with van der Waals surface area (Å²) in [7, 11) is 1.61. The van der Waals surface area contributed by atoms with E-state index in [0.29, 0.717) is 16.8 Å². The Morgan fingerprint density at radius 1 is 1.30 bits per heavy atom. The molecule has 0 aliphatic carbocycles. The average Bonchev–Trinajstić information content (AvgIpc) is 3.09. The van der Waals surface area contributed by atoms with Gasteiger partial charge in [-0.2, -0.15) is 0 Å². The summed E-state index contributed by atoms with van der Waals surface area (Å²) in [5.41, 5.74) is 10.4. The van der Waals surface area contributed by atoms with Gasteiger partial charge in [0.1, 0.15) is 11.6 Å². The quantitative estimate of drug-likeness (QED) is 0.654. The maximum Gasteiger partial charge on any atom is 0.126 e. The molecule has 138 valence electrons. The van der Waals surface area contributed by atoms with E-state index in [0.717, 1.165) is 22.7 Å². The third-order valence-corrected chi connectivity index (χ3v) is 4.21. The minimum atomic E-state index is -0.642. The summed E-state index contributed by atoms with van der Waals surface area (Å²) < 4.78 is 27.0. The van der Waals surface area contributed by atoms with Gasteiger partial charge in [0.05, 0.1) is 29.1 Å². The summed E-state index contributed by atoms with van der Waals surface area (Å²) in [5, 5.41) is 0. The lowest BCUT2D eigenvalue weighted by atomic mass is 9.92. The molecule has 0 fully saturated rings. The Balaban J connectivity index is 1.99. The van der Waals surface area contributed by atoms with Crippen LogP contribution < -0.4 is 5.73 Å². The van der Waals surface area contributed by atoms with Gasteiger partial charge in [0, 0.05) is 30.5 Å². The third-order valence-electron chi connectivity index (χ3n) is 4.21. The highest BCUT2D eigenvalue weighted by Gasteiger charge is 2.20. The molecule has 0 aliphatic rings. The fourth-order valence-corrected chi connectivity index (χ4v) is 3.11. The van der Waals surface area contributed by atoms with Crippen molar-refractivity contribution in [3.8, 4) is 0 Å². The molecule has 1 heterocycles. The van der Waals surface area contributed by atoms with E-state index in [1.54, 1.807) is 19.6 Å². The SMILES string of the molecule is C=N/C=C(\C(=NC)[C@@H](N)Cc1cc(F)cc(F)c1)c1cccc2[nH]cnc12.